The van der Waals surface area contributed by atoms with Crippen molar-refractivity contribution < 1.29 is 9.18 Å². The fraction of sp³-hybridized carbons (Fsp3) is 0.500. The van der Waals surface area contributed by atoms with E-state index >= 15 is 0 Å². The summed E-state index contributed by atoms with van der Waals surface area (Å²) < 4.78 is 12.6. The number of amides is 1. The van der Waals surface area contributed by atoms with Crippen LogP contribution in [0.5, 0.6) is 0 Å². The number of pyridine rings is 1. The molecule has 1 amide bonds. The Kier molecular flexibility index (Phi) is 4.89. The predicted octanol–water partition coefficient (Wildman–Crippen LogP) is 2.39. The molecular formula is C12H17FN2O. The maximum absolute atomic E-state index is 12.6. The Balaban J connectivity index is 2.49. The van der Waals surface area contributed by atoms with Crippen LogP contribution in [-0.2, 0) is 0 Å². The second kappa shape index (κ2) is 6.20. The van der Waals surface area contributed by atoms with E-state index in [2.05, 4.69) is 24.1 Å². The molecule has 16 heavy (non-hydrogen) atoms. The van der Waals surface area contributed by atoms with E-state index < -0.39 is 5.82 Å². The molecule has 1 aromatic rings. The van der Waals surface area contributed by atoms with E-state index in [1.165, 1.54) is 12.1 Å². The lowest BCUT2D eigenvalue weighted by molar-refractivity contribution is 0.0941. The zero-order chi connectivity index (χ0) is 12.0. The Bertz CT molecular complexity index is 333. The van der Waals surface area contributed by atoms with Gasteiger partial charge in [-0.2, -0.15) is 0 Å². The van der Waals surface area contributed by atoms with E-state index in [4.69, 9.17) is 0 Å². The third-order valence-corrected chi connectivity index (χ3v) is 2.67. The van der Waals surface area contributed by atoms with Gasteiger partial charge in [-0.1, -0.05) is 26.7 Å². The number of nitrogens with one attached hydrogen (secondary N) is 1. The maximum atomic E-state index is 12.6. The molecule has 0 radical (unpaired) electrons. The minimum absolute atomic E-state index is 0.244. The molecule has 88 valence electrons. The van der Waals surface area contributed by atoms with Crippen molar-refractivity contribution in [1.82, 2.24) is 10.3 Å². The first-order valence-electron chi connectivity index (χ1n) is 5.57. The topological polar surface area (TPSA) is 42.0 Å². The number of halogens is 1. The van der Waals surface area contributed by atoms with Gasteiger partial charge in [0.25, 0.3) is 5.91 Å². The first kappa shape index (κ1) is 12.6. The second-order valence-corrected chi connectivity index (χ2v) is 3.75. The number of nitrogens with zero attached hydrogens (tertiary/aromatic N) is 1. The summed E-state index contributed by atoms with van der Waals surface area (Å²) in [5.41, 5.74) is 0.257. The van der Waals surface area contributed by atoms with Gasteiger partial charge in [-0.25, -0.2) is 9.37 Å². The minimum atomic E-state index is -0.434. The van der Waals surface area contributed by atoms with E-state index in [0.29, 0.717) is 12.5 Å². The molecule has 0 fully saturated rings. The molecule has 0 aliphatic rings. The molecule has 0 spiro atoms. The van der Waals surface area contributed by atoms with Gasteiger partial charge in [0.15, 0.2) is 0 Å². The highest BCUT2D eigenvalue weighted by Gasteiger charge is 2.09. The maximum Gasteiger partial charge on any atom is 0.269 e. The standard InChI is InChI=1S/C12H17FN2O/c1-3-9(4-2)7-15-12(16)11-6-5-10(13)8-14-11/h5-6,8-9H,3-4,7H2,1-2H3,(H,15,16). The van der Waals surface area contributed by atoms with Crippen molar-refractivity contribution in [3.8, 4) is 0 Å². The molecule has 0 bridgehead atoms. The summed E-state index contributed by atoms with van der Waals surface area (Å²) in [5.74, 6) is -0.187. The first-order chi connectivity index (χ1) is 7.67. The summed E-state index contributed by atoms with van der Waals surface area (Å²) in [6.45, 7) is 4.83. The average molecular weight is 224 g/mol. The van der Waals surface area contributed by atoms with Gasteiger partial charge in [0, 0.05) is 6.54 Å². The Labute approximate surface area is 95.1 Å². The molecule has 0 atom stereocenters. The van der Waals surface area contributed by atoms with Crippen LogP contribution in [0.15, 0.2) is 18.3 Å². The molecule has 1 aromatic heterocycles. The highest BCUT2D eigenvalue weighted by atomic mass is 19.1. The third-order valence-electron chi connectivity index (χ3n) is 2.67. The van der Waals surface area contributed by atoms with Crippen LogP contribution in [0.25, 0.3) is 0 Å². The fourth-order valence-corrected chi connectivity index (χ4v) is 1.42. The summed E-state index contributed by atoms with van der Waals surface area (Å²) in [6, 6.07) is 2.62. The van der Waals surface area contributed by atoms with Crippen molar-refractivity contribution in [2.45, 2.75) is 26.7 Å². The number of aromatic nitrogens is 1. The molecule has 1 N–H and O–H groups in total. The molecule has 0 aliphatic carbocycles. The number of carbonyl (C=O) groups excluding carboxylic acids is 1. The van der Waals surface area contributed by atoms with Gasteiger partial charge in [0.1, 0.15) is 11.5 Å². The van der Waals surface area contributed by atoms with E-state index in [9.17, 15) is 9.18 Å². The SMILES string of the molecule is CCC(CC)CNC(=O)c1ccc(F)cn1. The van der Waals surface area contributed by atoms with Crippen molar-refractivity contribution in [3.63, 3.8) is 0 Å². The summed E-state index contributed by atoms with van der Waals surface area (Å²) in [5, 5.41) is 2.80. The molecule has 1 rings (SSSR count). The van der Waals surface area contributed by atoms with Crippen LogP contribution in [0.1, 0.15) is 37.2 Å². The molecule has 0 unspecified atom stereocenters. The van der Waals surface area contributed by atoms with Crippen molar-refractivity contribution in [1.29, 1.82) is 0 Å². The number of hydrogen-bond acceptors (Lipinski definition) is 2. The van der Waals surface area contributed by atoms with Gasteiger partial charge >= 0.3 is 0 Å². The molecule has 1 heterocycles. The number of hydrogen-bond donors (Lipinski definition) is 1. The van der Waals surface area contributed by atoms with Crippen LogP contribution in [-0.4, -0.2) is 17.4 Å². The molecule has 0 saturated heterocycles. The van der Waals surface area contributed by atoms with Gasteiger partial charge in [-0.05, 0) is 18.1 Å². The van der Waals surface area contributed by atoms with Gasteiger partial charge in [-0.3, -0.25) is 4.79 Å². The number of rotatable bonds is 5. The monoisotopic (exact) mass is 224 g/mol. The smallest absolute Gasteiger partial charge is 0.269 e. The number of carbonyl (C=O) groups is 1. The van der Waals surface area contributed by atoms with E-state index in [-0.39, 0.29) is 11.6 Å². The van der Waals surface area contributed by atoms with Crippen molar-refractivity contribution >= 4 is 5.91 Å². The fourth-order valence-electron chi connectivity index (χ4n) is 1.42. The van der Waals surface area contributed by atoms with Crippen LogP contribution in [0.2, 0.25) is 0 Å². The Morgan fingerprint density at radius 2 is 2.12 bits per heavy atom. The summed E-state index contributed by atoms with van der Waals surface area (Å²) in [6.07, 6.45) is 3.12. The Morgan fingerprint density at radius 3 is 2.62 bits per heavy atom. The van der Waals surface area contributed by atoms with E-state index in [1.807, 2.05) is 0 Å². The first-order valence-corrected chi connectivity index (χ1v) is 5.57. The highest BCUT2D eigenvalue weighted by Crippen LogP contribution is 2.05. The van der Waals surface area contributed by atoms with Gasteiger partial charge < -0.3 is 5.32 Å². The zero-order valence-electron chi connectivity index (χ0n) is 9.66. The Hall–Kier alpha value is -1.45. The Morgan fingerprint density at radius 1 is 1.44 bits per heavy atom. The van der Waals surface area contributed by atoms with Crippen molar-refractivity contribution in [2.75, 3.05) is 6.54 Å². The molecular weight excluding hydrogens is 207 g/mol. The van der Waals surface area contributed by atoms with Crippen LogP contribution in [0.3, 0.4) is 0 Å². The zero-order valence-corrected chi connectivity index (χ0v) is 9.66. The van der Waals surface area contributed by atoms with Crippen LogP contribution in [0.4, 0.5) is 4.39 Å². The van der Waals surface area contributed by atoms with E-state index in [0.717, 1.165) is 19.0 Å². The summed E-state index contributed by atoms with van der Waals surface area (Å²) >= 11 is 0. The van der Waals surface area contributed by atoms with E-state index in [1.54, 1.807) is 0 Å². The van der Waals surface area contributed by atoms with Gasteiger partial charge in [0.05, 0.1) is 6.20 Å². The van der Waals surface area contributed by atoms with Crippen LogP contribution < -0.4 is 5.32 Å². The van der Waals surface area contributed by atoms with Gasteiger partial charge in [0.2, 0.25) is 0 Å². The molecule has 0 aromatic carbocycles. The summed E-state index contributed by atoms with van der Waals surface area (Å²) in [4.78, 5) is 15.3. The lowest BCUT2D eigenvalue weighted by Crippen LogP contribution is -2.29. The largest absolute Gasteiger partial charge is 0.350 e. The lowest BCUT2D eigenvalue weighted by Gasteiger charge is -2.12. The summed E-state index contributed by atoms with van der Waals surface area (Å²) in [7, 11) is 0. The van der Waals surface area contributed by atoms with Gasteiger partial charge in [-0.15, -0.1) is 0 Å². The van der Waals surface area contributed by atoms with Crippen LogP contribution in [0, 0.1) is 11.7 Å². The molecule has 0 saturated carbocycles. The predicted molar refractivity (Wildman–Crippen MR) is 60.6 cm³/mol. The highest BCUT2D eigenvalue weighted by molar-refractivity contribution is 5.92. The quantitative estimate of drug-likeness (QED) is 0.834. The third kappa shape index (κ3) is 3.61. The average Bonchev–Trinajstić information content (AvgIpc) is 2.31. The minimum Gasteiger partial charge on any atom is -0.350 e. The molecule has 0 aliphatic heterocycles. The molecule has 3 nitrogen and oxygen atoms in total. The van der Waals surface area contributed by atoms with Crippen molar-refractivity contribution in [2.24, 2.45) is 5.92 Å². The van der Waals surface area contributed by atoms with Crippen LogP contribution >= 0.6 is 0 Å². The second-order valence-electron chi connectivity index (χ2n) is 3.75. The lowest BCUT2D eigenvalue weighted by atomic mass is 10.0. The molecule has 4 heteroatoms. The normalized spacial score (nSPS) is 10.5. The van der Waals surface area contributed by atoms with Crippen molar-refractivity contribution in [3.05, 3.63) is 29.8 Å².